The molecule has 1 aliphatic rings. The van der Waals surface area contributed by atoms with Gasteiger partial charge in [-0.3, -0.25) is 4.79 Å². The molecule has 3 amide bonds. The van der Waals surface area contributed by atoms with Crippen molar-refractivity contribution in [3.05, 3.63) is 59.7 Å². The molecule has 5 heteroatoms. The Morgan fingerprint density at radius 1 is 0.926 bits per heavy atom. The van der Waals surface area contributed by atoms with Gasteiger partial charge in [0.2, 0.25) is 0 Å². The zero-order valence-corrected chi connectivity index (χ0v) is 15.8. The first-order chi connectivity index (χ1) is 13.2. The van der Waals surface area contributed by atoms with Gasteiger partial charge in [-0.25, -0.2) is 4.79 Å². The Morgan fingerprint density at radius 2 is 1.63 bits per heavy atom. The first-order valence-corrected chi connectivity index (χ1v) is 9.72. The Bertz CT molecular complexity index is 780. The van der Waals surface area contributed by atoms with Crippen molar-refractivity contribution < 1.29 is 9.59 Å². The molecule has 27 heavy (non-hydrogen) atoms. The predicted molar refractivity (Wildman–Crippen MR) is 109 cm³/mol. The van der Waals surface area contributed by atoms with E-state index in [2.05, 4.69) is 22.9 Å². The van der Waals surface area contributed by atoms with Crippen LogP contribution in [0, 0.1) is 0 Å². The van der Waals surface area contributed by atoms with Crippen LogP contribution in [0.2, 0.25) is 0 Å². The summed E-state index contributed by atoms with van der Waals surface area (Å²) in [6.07, 6.45) is 6.60. The third-order valence-electron chi connectivity index (χ3n) is 4.99. The van der Waals surface area contributed by atoms with Gasteiger partial charge in [-0.15, -0.1) is 0 Å². The molecule has 2 aromatic carbocycles. The molecule has 0 atom stereocenters. The summed E-state index contributed by atoms with van der Waals surface area (Å²) in [5.74, 6) is -0.0465. The van der Waals surface area contributed by atoms with Gasteiger partial charge in [0.1, 0.15) is 0 Å². The molecule has 2 aromatic rings. The lowest BCUT2D eigenvalue weighted by Gasteiger charge is -2.22. The molecule has 0 saturated heterocycles. The highest BCUT2D eigenvalue weighted by molar-refractivity contribution is 6.01. The standard InChI is InChI=1S/C22H27N3O2/c1-2-16-8-6-7-11-20(16)25-22(27)24-19-14-12-17(13-15-19)21(26)23-18-9-4-3-5-10-18/h6-8,11-15,18H,2-5,9-10H2,1H3,(H,23,26)(H2,24,25,27). The van der Waals surface area contributed by atoms with Crippen molar-refractivity contribution >= 4 is 23.3 Å². The summed E-state index contributed by atoms with van der Waals surface area (Å²) in [5.41, 5.74) is 3.15. The van der Waals surface area contributed by atoms with Crippen molar-refractivity contribution in [3.8, 4) is 0 Å². The van der Waals surface area contributed by atoms with Crippen LogP contribution in [0.3, 0.4) is 0 Å². The van der Waals surface area contributed by atoms with Crippen LogP contribution in [0.4, 0.5) is 16.2 Å². The summed E-state index contributed by atoms with van der Waals surface area (Å²) in [6, 6.07) is 14.7. The summed E-state index contributed by atoms with van der Waals surface area (Å²) >= 11 is 0. The van der Waals surface area contributed by atoms with Crippen LogP contribution in [0.25, 0.3) is 0 Å². The van der Waals surface area contributed by atoms with Gasteiger partial charge in [-0.2, -0.15) is 0 Å². The van der Waals surface area contributed by atoms with Crippen LogP contribution in [0.5, 0.6) is 0 Å². The van der Waals surface area contributed by atoms with Gasteiger partial charge in [0.25, 0.3) is 5.91 Å². The molecule has 1 fully saturated rings. The predicted octanol–water partition coefficient (Wildman–Crippen LogP) is 4.96. The number of aryl methyl sites for hydroxylation is 1. The Hall–Kier alpha value is -2.82. The van der Waals surface area contributed by atoms with Gasteiger partial charge in [-0.05, 0) is 55.2 Å². The second kappa shape index (κ2) is 9.21. The molecule has 3 N–H and O–H groups in total. The van der Waals surface area contributed by atoms with E-state index < -0.39 is 0 Å². The molecule has 142 valence electrons. The van der Waals surface area contributed by atoms with Crippen molar-refractivity contribution in [2.24, 2.45) is 0 Å². The highest BCUT2D eigenvalue weighted by Gasteiger charge is 2.16. The number of benzene rings is 2. The number of hydrogen-bond donors (Lipinski definition) is 3. The van der Waals surface area contributed by atoms with Gasteiger partial charge in [0.05, 0.1) is 0 Å². The van der Waals surface area contributed by atoms with Crippen molar-refractivity contribution in [2.75, 3.05) is 10.6 Å². The first kappa shape index (κ1) is 19.0. The van der Waals surface area contributed by atoms with Gasteiger partial charge >= 0.3 is 6.03 Å². The van der Waals surface area contributed by atoms with E-state index in [0.717, 1.165) is 30.5 Å². The van der Waals surface area contributed by atoms with Gasteiger partial charge in [0.15, 0.2) is 0 Å². The SMILES string of the molecule is CCc1ccccc1NC(=O)Nc1ccc(C(=O)NC2CCCCC2)cc1. The maximum atomic E-state index is 12.3. The number of nitrogens with one attached hydrogen (secondary N) is 3. The zero-order chi connectivity index (χ0) is 19.1. The highest BCUT2D eigenvalue weighted by atomic mass is 16.2. The number of carbonyl (C=O) groups excluding carboxylic acids is 2. The van der Waals surface area contributed by atoms with E-state index >= 15 is 0 Å². The van der Waals surface area contributed by atoms with Crippen LogP contribution in [0.1, 0.15) is 54.9 Å². The Kier molecular flexibility index (Phi) is 6.47. The quantitative estimate of drug-likeness (QED) is 0.701. The number of amides is 3. The number of urea groups is 1. The fourth-order valence-corrected chi connectivity index (χ4v) is 3.46. The lowest BCUT2D eigenvalue weighted by molar-refractivity contribution is 0.0927. The lowest BCUT2D eigenvalue weighted by Crippen LogP contribution is -2.36. The molecule has 0 aromatic heterocycles. The summed E-state index contributed by atoms with van der Waals surface area (Å²) in [4.78, 5) is 24.6. The fourth-order valence-electron chi connectivity index (χ4n) is 3.46. The van der Waals surface area contributed by atoms with E-state index in [1.807, 2.05) is 24.3 Å². The Morgan fingerprint density at radius 3 is 2.33 bits per heavy atom. The van der Waals surface area contributed by atoms with Crippen LogP contribution in [-0.2, 0) is 6.42 Å². The second-order valence-corrected chi connectivity index (χ2v) is 6.98. The van der Waals surface area contributed by atoms with Gasteiger partial charge in [-0.1, -0.05) is 44.4 Å². The molecule has 1 saturated carbocycles. The molecular formula is C22H27N3O2. The topological polar surface area (TPSA) is 70.2 Å². The highest BCUT2D eigenvalue weighted by Crippen LogP contribution is 2.19. The number of carbonyl (C=O) groups is 2. The number of rotatable bonds is 5. The van der Waals surface area contributed by atoms with E-state index in [9.17, 15) is 9.59 Å². The largest absolute Gasteiger partial charge is 0.349 e. The molecular weight excluding hydrogens is 338 g/mol. The molecule has 0 aliphatic heterocycles. The smallest absolute Gasteiger partial charge is 0.323 e. The molecule has 1 aliphatic carbocycles. The Balaban J connectivity index is 1.55. The number of hydrogen-bond acceptors (Lipinski definition) is 2. The molecule has 5 nitrogen and oxygen atoms in total. The number of anilines is 2. The normalized spacial score (nSPS) is 14.4. The van der Waals surface area contributed by atoms with E-state index in [4.69, 9.17) is 0 Å². The van der Waals surface area contributed by atoms with Crippen LogP contribution in [-0.4, -0.2) is 18.0 Å². The molecule has 0 spiro atoms. The van der Waals surface area contributed by atoms with E-state index in [1.54, 1.807) is 24.3 Å². The van der Waals surface area contributed by atoms with E-state index in [-0.39, 0.29) is 18.0 Å². The zero-order valence-electron chi connectivity index (χ0n) is 15.8. The van der Waals surface area contributed by atoms with Gasteiger partial charge in [0, 0.05) is 23.0 Å². The summed E-state index contributed by atoms with van der Waals surface area (Å²) in [7, 11) is 0. The second-order valence-electron chi connectivity index (χ2n) is 6.98. The lowest BCUT2D eigenvalue weighted by atomic mass is 9.95. The van der Waals surface area contributed by atoms with Crippen molar-refractivity contribution in [1.29, 1.82) is 0 Å². The van der Waals surface area contributed by atoms with Crippen LogP contribution < -0.4 is 16.0 Å². The average Bonchev–Trinajstić information content (AvgIpc) is 2.69. The van der Waals surface area contributed by atoms with Crippen LogP contribution >= 0.6 is 0 Å². The summed E-state index contributed by atoms with van der Waals surface area (Å²) in [6.45, 7) is 2.05. The molecule has 0 heterocycles. The van der Waals surface area contributed by atoms with Gasteiger partial charge < -0.3 is 16.0 Å². The van der Waals surface area contributed by atoms with E-state index in [1.165, 1.54) is 19.3 Å². The minimum atomic E-state index is -0.296. The van der Waals surface area contributed by atoms with Crippen molar-refractivity contribution in [2.45, 2.75) is 51.5 Å². The molecule has 0 unspecified atom stereocenters. The number of para-hydroxylation sites is 1. The molecule has 0 radical (unpaired) electrons. The van der Waals surface area contributed by atoms with E-state index in [0.29, 0.717) is 11.3 Å². The summed E-state index contributed by atoms with van der Waals surface area (Å²) < 4.78 is 0. The maximum absolute atomic E-state index is 12.3. The maximum Gasteiger partial charge on any atom is 0.323 e. The van der Waals surface area contributed by atoms with Crippen LogP contribution in [0.15, 0.2) is 48.5 Å². The van der Waals surface area contributed by atoms with Crippen molar-refractivity contribution in [1.82, 2.24) is 5.32 Å². The average molecular weight is 365 g/mol. The molecule has 3 rings (SSSR count). The van der Waals surface area contributed by atoms with Crippen molar-refractivity contribution in [3.63, 3.8) is 0 Å². The third-order valence-corrected chi connectivity index (χ3v) is 4.99. The third kappa shape index (κ3) is 5.33. The fraction of sp³-hybridized carbons (Fsp3) is 0.364. The summed E-state index contributed by atoms with van der Waals surface area (Å²) in [5, 5.41) is 8.78. The molecule has 0 bridgehead atoms. The Labute approximate surface area is 160 Å². The first-order valence-electron chi connectivity index (χ1n) is 9.72. The minimum absolute atomic E-state index is 0.0465. The monoisotopic (exact) mass is 365 g/mol. The minimum Gasteiger partial charge on any atom is -0.349 e.